The topological polar surface area (TPSA) is 114 Å². The van der Waals surface area contributed by atoms with Crippen LogP contribution < -0.4 is 5.32 Å². The number of nitrogens with one attached hydrogen (secondary N) is 1. The molecule has 0 radical (unpaired) electrons. The van der Waals surface area contributed by atoms with Gasteiger partial charge in [0.25, 0.3) is 5.91 Å². The number of carbonyl (C=O) groups excluding carboxylic acids is 4. The summed E-state index contributed by atoms with van der Waals surface area (Å²) in [6, 6.07) is 10.8. The van der Waals surface area contributed by atoms with Gasteiger partial charge in [-0.1, -0.05) is 29.3 Å². The van der Waals surface area contributed by atoms with Gasteiger partial charge in [0.2, 0.25) is 5.91 Å². The van der Waals surface area contributed by atoms with Crippen LogP contribution in [0.4, 0.5) is 10.5 Å². The third-order valence-corrected chi connectivity index (χ3v) is 7.18. The third-order valence-electron chi connectivity index (χ3n) is 6.59. The molecule has 2 aromatic carbocycles. The maximum absolute atomic E-state index is 13.7. The van der Waals surface area contributed by atoms with Crippen molar-refractivity contribution < 1.29 is 33.4 Å². The summed E-state index contributed by atoms with van der Waals surface area (Å²) in [4.78, 5) is 54.5. The van der Waals surface area contributed by atoms with Crippen molar-refractivity contribution in [1.29, 1.82) is 0 Å². The van der Waals surface area contributed by atoms with E-state index in [4.69, 9.17) is 37.4 Å². The predicted molar refractivity (Wildman–Crippen MR) is 153 cm³/mol. The lowest BCUT2D eigenvalue weighted by Gasteiger charge is -2.40. The Morgan fingerprint density at radius 3 is 2.41 bits per heavy atom. The standard InChI is InChI=1S/C29H33Cl2N3O7/c1-5-39-27(37)17-7-10-20(11-8-17)32-25(35)13-23-26(36)34(14-18-6-9-19(30)12-21(18)31)22-15-33(16-24(22)40-23)28(38)41-29(2,3)4/h6-12,22-24H,5,13-16H2,1-4H3,(H,32,35). The molecule has 0 saturated carbocycles. The molecule has 2 heterocycles. The molecule has 3 atom stereocenters. The maximum atomic E-state index is 13.7. The highest BCUT2D eigenvalue weighted by Gasteiger charge is 2.49. The van der Waals surface area contributed by atoms with Gasteiger partial charge in [-0.25, -0.2) is 9.59 Å². The van der Waals surface area contributed by atoms with Crippen LogP contribution in [0.15, 0.2) is 42.5 Å². The van der Waals surface area contributed by atoms with Crippen molar-refractivity contribution in [1.82, 2.24) is 9.80 Å². The lowest BCUT2D eigenvalue weighted by Crippen LogP contribution is -2.58. The average Bonchev–Trinajstić information content (AvgIpc) is 3.31. The highest BCUT2D eigenvalue weighted by molar-refractivity contribution is 6.35. The largest absolute Gasteiger partial charge is 0.462 e. The number of benzene rings is 2. The van der Waals surface area contributed by atoms with E-state index in [0.717, 1.165) is 0 Å². The zero-order valence-electron chi connectivity index (χ0n) is 23.3. The smallest absolute Gasteiger partial charge is 0.410 e. The second-order valence-electron chi connectivity index (χ2n) is 10.9. The van der Waals surface area contributed by atoms with E-state index in [2.05, 4.69) is 5.32 Å². The number of rotatable bonds is 7. The minimum absolute atomic E-state index is 0.148. The Bertz CT molecular complexity index is 1310. The summed E-state index contributed by atoms with van der Waals surface area (Å²) in [7, 11) is 0. The molecule has 4 rings (SSSR count). The molecule has 2 aromatic rings. The molecule has 2 saturated heterocycles. The van der Waals surface area contributed by atoms with Gasteiger partial charge in [-0.3, -0.25) is 9.59 Å². The van der Waals surface area contributed by atoms with Crippen LogP contribution in [0.3, 0.4) is 0 Å². The molecule has 41 heavy (non-hydrogen) atoms. The Labute approximate surface area is 248 Å². The number of likely N-dealkylation sites (tertiary alicyclic amines) is 1. The fourth-order valence-electron chi connectivity index (χ4n) is 4.73. The molecule has 2 aliphatic heterocycles. The van der Waals surface area contributed by atoms with Crippen LogP contribution >= 0.6 is 23.2 Å². The molecule has 1 N–H and O–H groups in total. The van der Waals surface area contributed by atoms with Crippen molar-refractivity contribution in [3.8, 4) is 0 Å². The Kier molecular flexibility index (Phi) is 9.46. The molecular formula is C29H33Cl2N3O7. The van der Waals surface area contributed by atoms with Crippen LogP contribution in [0, 0.1) is 0 Å². The third kappa shape index (κ3) is 7.69. The first-order valence-electron chi connectivity index (χ1n) is 13.3. The number of carbonyl (C=O) groups is 4. The number of esters is 1. The highest BCUT2D eigenvalue weighted by atomic mass is 35.5. The molecule has 0 aliphatic carbocycles. The van der Waals surface area contributed by atoms with Crippen LogP contribution in [0.5, 0.6) is 0 Å². The number of morpholine rings is 1. The zero-order valence-corrected chi connectivity index (χ0v) is 24.8. The van der Waals surface area contributed by atoms with E-state index >= 15 is 0 Å². The number of nitrogens with zero attached hydrogens (tertiary/aromatic N) is 2. The van der Waals surface area contributed by atoms with Gasteiger partial charge < -0.3 is 29.3 Å². The highest BCUT2D eigenvalue weighted by Crippen LogP contribution is 2.32. The molecule has 12 heteroatoms. The fraction of sp³-hybridized carbons (Fsp3) is 0.448. The quantitative estimate of drug-likeness (QED) is 0.446. The van der Waals surface area contributed by atoms with Gasteiger partial charge in [0.05, 0.1) is 37.3 Å². The van der Waals surface area contributed by atoms with E-state index in [-0.39, 0.29) is 32.7 Å². The van der Waals surface area contributed by atoms with Crippen molar-refractivity contribution in [2.45, 2.75) is 64.5 Å². The number of ether oxygens (including phenoxy) is 3. The number of hydrogen-bond donors (Lipinski definition) is 1. The van der Waals surface area contributed by atoms with E-state index in [1.165, 1.54) is 4.90 Å². The predicted octanol–water partition coefficient (Wildman–Crippen LogP) is 4.91. The normalized spacial score (nSPS) is 20.4. The fourth-order valence-corrected chi connectivity index (χ4v) is 5.20. The SMILES string of the molecule is CCOC(=O)c1ccc(NC(=O)CC2OC3CN(C(=O)OC(C)(C)C)CC3N(Cc3ccc(Cl)cc3Cl)C2=O)cc1. The van der Waals surface area contributed by atoms with Crippen LogP contribution in [0.25, 0.3) is 0 Å². The van der Waals surface area contributed by atoms with Crippen LogP contribution in [-0.4, -0.2) is 77.2 Å². The number of halogens is 2. The molecule has 0 spiro atoms. The molecule has 3 amide bonds. The molecular weight excluding hydrogens is 573 g/mol. The molecule has 3 unspecified atom stereocenters. The second kappa shape index (κ2) is 12.7. The molecule has 0 aromatic heterocycles. The first kappa shape index (κ1) is 30.6. The number of fused-ring (bicyclic) bond motifs is 1. The zero-order chi connectivity index (χ0) is 29.9. The van der Waals surface area contributed by atoms with E-state index in [0.29, 0.717) is 26.9 Å². The Hall–Kier alpha value is -3.34. The maximum Gasteiger partial charge on any atom is 0.410 e. The first-order valence-corrected chi connectivity index (χ1v) is 14.0. The Morgan fingerprint density at radius 1 is 1.07 bits per heavy atom. The summed E-state index contributed by atoms with van der Waals surface area (Å²) in [5.41, 5.74) is 0.790. The molecule has 10 nitrogen and oxygen atoms in total. The van der Waals surface area contributed by atoms with E-state index < -0.39 is 47.7 Å². The van der Waals surface area contributed by atoms with Gasteiger partial charge in [-0.2, -0.15) is 0 Å². The van der Waals surface area contributed by atoms with Crippen molar-refractivity contribution >= 4 is 52.8 Å². The average molecular weight is 607 g/mol. The van der Waals surface area contributed by atoms with Gasteiger partial charge in [0, 0.05) is 28.8 Å². The number of anilines is 1. The second-order valence-corrected chi connectivity index (χ2v) is 11.7. The van der Waals surface area contributed by atoms with Crippen molar-refractivity contribution in [3.05, 3.63) is 63.6 Å². The van der Waals surface area contributed by atoms with Crippen LogP contribution in [0.2, 0.25) is 10.0 Å². The molecule has 0 bridgehead atoms. The van der Waals surface area contributed by atoms with Crippen LogP contribution in [-0.2, 0) is 30.3 Å². The summed E-state index contributed by atoms with van der Waals surface area (Å²) in [6.07, 6.45) is -2.38. The number of hydrogen-bond acceptors (Lipinski definition) is 7. The first-order chi connectivity index (χ1) is 19.3. The van der Waals surface area contributed by atoms with E-state index in [1.54, 1.807) is 75.1 Å². The summed E-state index contributed by atoms with van der Waals surface area (Å²) in [6.45, 7) is 7.87. The minimum Gasteiger partial charge on any atom is -0.462 e. The Balaban J connectivity index is 1.50. The monoisotopic (exact) mass is 605 g/mol. The molecule has 2 aliphatic rings. The van der Waals surface area contributed by atoms with Crippen molar-refractivity contribution in [2.24, 2.45) is 0 Å². The Morgan fingerprint density at radius 2 is 1.78 bits per heavy atom. The lowest BCUT2D eigenvalue weighted by atomic mass is 10.0. The van der Waals surface area contributed by atoms with Gasteiger partial charge in [0.1, 0.15) is 11.7 Å². The van der Waals surface area contributed by atoms with Gasteiger partial charge in [-0.15, -0.1) is 0 Å². The summed E-state index contributed by atoms with van der Waals surface area (Å²) in [5.74, 6) is -1.30. The van der Waals surface area contributed by atoms with Crippen LogP contribution in [0.1, 0.15) is 50.0 Å². The van der Waals surface area contributed by atoms with Gasteiger partial charge in [-0.05, 0) is 69.7 Å². The van der Waals surface area contributed by atoms with Gasteiger partial charge in [0.15, 0.2) is 0 Å². The van der Waals surface area contributed by atoms with Gasteiger partial charge >= 0.3 is 12.1 Å². The summed E-state index contributed by atoms with van der Waals surface area (Å²) < 4.78 is 16.6. The number of amides is 3. The summed E-state index contributed by atoms with van der Waals surface area (Å²) in [5, 5.41) is 3.60. The lowest BCUT2D eigenvalue weighted by molar-refractivity contribution is -0.169. The van der Waals surface area contributed by atoms with E-state index in [1.807, 2.05) is 0 Å². The van der Waals surface area contributed by atoms with Crippen molar-refractivity contribution in [2.75, 3.05) is 25.0 Å². The molecule has 220 valence electrons. The molecule has 2 fully saturated rings. The minimum atomic E-state index is -1.08. The van der Waals surface area contributed by atoms with Crippen molar-refractivity contribution in [3.63, 3.8) is 0 Å². The van der Waals surface area contributed by atoms with E-state index in [9.17, 15) is 19.2 Å². The summed E-state index contributed by atoms with van der Waals surface area (Å²) >= 11 is 12.5.